The molecule has 1 fully saturated rings. The summed E-state index contributed by atoms with van der Waals surface area (Å²) in [4.78, 5) is 0.878. The molecule has 1 aliphatic rings. The van der Waals surface area contributed by atoms with Crippen molar-refractivity contribution >= 4 is 21.4 Å². The van der Waals surface area contributed by atoms with Gasteiger partial charge in [0, 0.05) is 18.2 Å². The molecule has 0 amide bonds. The zero-order valence-corrected chi connectivity index (χ0v) is 16.9. The summed E-state index contributed by atoms with van der Waals surface area (Å²) < 4.78 is 48.2. The van der Waals surface area contributed by atoms with E-state index in [1.807, 2.05) is 22.2 Å². The van der Waals surface area contributed by atoms with E-state index in [0.29, 0.717) is 12.5 Å². The van der Waals surface area contributed by atoms with Crippen molar-refractivity contribution in [2.45, 2.75) is 30.2 Å². The zero-order valence-electron chi connectivity index (χ0n) is 15.3. The van der Waals surface area contributed by atoms with Crippen molar-refractivity contribution in [2.75, 3.05) is 13.7 Å². The van der Waals surface area contributed by atoms with E-state index in [2.05, 4.69) is 15.9 Å². The molecule has 28 heavy (non-hydrogen) atoms. The van der Waals surface area contributed by atoms with Crippen LogP contribution in [0.2, 0.25) is 0 Å². The smallest absolute Gasteiger partial charge is 0.244 e. The van der Waals surface area contributed by atoms with Crippen molar-refractivity contribution in [3.63, 3.8) is 0 Å². The van der Waals surface area contributed by atoms with E-state index >= 15 is 0 Å². The summed E-state index contributed by atoms with van der Waals surface area (Å²) in [5.74, 6) is -0.0439. The Morgan fingerprint density at radius 3 is 2.82 bits per heavy atom. The Labute approximate surface area is 167 Å². The number of nitrogens with zero attached hydrogens (tertiary/aromatic N) is 2. The molecule has 0 radical (unpaired) electrons. The van der Waals surface area contributed by atoms with Crippen LogP contribution in [0.25, 0.3) is 10.6 Å². The first-order valence-corrected chi connectivity index (χ1v) is 11.3. The lowest BCUT2D eigenvalue weighted by molar-refractivity contribution is 0.400. The van der Waals surface area contributed by atoms with Crippen LogP contribution in [0, 0.1) is 5.82 Å². The fraction of sp³-hybridized carbons (Fsp3) is 0.316. The van der Waals surface area contributed by atoms with Gasteiger partial charge in [-0.3, -0.25) is 4.68 Å². The molecule has 148 valence electrons. The molecule has 2 heterocycles. The summed E-state index contributed by atoms with van der Waals surface area (Å²) in [5, 5.41) is 6.67. The Morgan fingerprint density at radius 2 is 2.14 bits per heavy atom. The molecular weight excluding hydrogens is 401 g/mol. The van der Waals surface area contributed by atoms with Gasteiger partial charge in [-0.05, 0) is 48.6 Å². The minimum Gasteiger partial charge on any atom is -0.495 e. The number of methoxy groups -OCH3 is 1. The number of benzene rings is 1. The molecule has 3 aromatic rings. The molecule has 1 N–H and O–H groups in total. The van der Waals surface area contributed by atoms with Crippen LogP contribution in [0.4, 0.5) is 4.39 Å². The number of nitrogens with one attached hydrogen (secondary N) is 1. The van der Waals surface area contributed by atoms with Crippen molar-refractivity contribution in [1.29, 1.82) is 0 Å². The molecule has 1 saturated carbocycles. The maximum atomic E-state index is 13.5. The average Bonchev–Trinajstić information content (AvgIpc) is 3.19. The monoisotopic (exact) mass is 421 g/mol. The highest BCUT2D eigenvalue weighted by Gasteiger charge is 2.28. The van der Waals surface area contributed by atoms with Gasteiger partial charge < -0.3 is 4.74 Å². The van der Waals surface area contributed by atoms with Crippen molar-refractivity contribution < 1.29 is 17.5 Å². The Kier molecular flexibility index (Phi) is 5.22. The second-order valence-electron chi connectivity index (χ2n) is 6.62. The minimum absolute atomic E-state index is 0.103. The molecule has 2 aromatic heterocycles. The zero-order chi connectivity index (χ0) is 19.7. The number of thiophene rings is 1. The molecule has 9 heteroatoms. The molecule has 6 nitrogen and oxygen atoms in total. The molecule has 0 spiro atoms. The van der Waals surface area contributed by atoms with E-state index in [9.17, 15) is 12.8 Å². The predicted molar refractivity (Wildman–Crippen MR) is 106 cm³/mol. The van der Waals surface area contributed by atoms with E-state index in [1.165, 1.54) is 13.2 Å². The summed E-state index contributed by atoms with van der Waals surface area (Å²) in [5.41, 5.74) is 2.04. The van der Waals surface area contributed by atoms with Crippen LogP contribution in [0.15, 0.2) is 46.7 Å². The van der Waals surface area contributed by atoms with Gasteiger partial charge >= 0.3 is 0 Å². The molecule has 4 rings (SSSR count). The molecule has 0 atom stereocenters. The van der Waals surface area contributed by atoms with Crippen LogP contribution in [0.5, 0.6) is 5.75 Å². The quantitative estimate of drug-likeness (QED) is 0.603. The first-order valence-electron chi connectivity index (χ1n) is 8.93. The largest absolute Gasteiger partial charge is 0.495 e. The number of aromatic nitrogens is 2. The molecule has 0 saturated heterocycles. The van der Waals surface area contributed by atoms with Gasteiger partial charge in [0.25, 0.3) is 0 Å². The van der Waals surface area contributed by atoms with Crippen LogP contribution < -0.4 is 9.46 Å². The highest BCUT2D eigenvalue weighted by Crippen LogP contribution is 2.41. The molecule has 0 unspecified atom stereocenters. The van der Waals surface area contributed by atoms with E-state index in [-0.39, 0.29) is 17.2 Å². The fourth-order valence-corrected chi connectivity index (χ4v) is 4.97. The van der Waals surface area contributed by atoms with Gasteiger partial charge in [-0.25, -0.2) is 17.5 Å². The normalized spacial score (nSPS) is 14.4. The molecule has 1 aromatic carbocycles. The first kappa shape index (κ1) is 19.1. The lowest BCUT2D eigenvalue weighted by Crippen LogP contribution is -2.28. The molecule has 0 aliphatic heterocycles. The van der Waals surface area contributed by atoms with Gasteiger partial charge in [0.05, 0.1) is 18.5 Å². The summed E-state index contributed by atoms with van der Waals surface area (Å²) in [6.07, 6.45) is 2.25. The minimum atomic E-state index is -3.90. The van der Waals surface area contributed by atoms with Crippen LogP contribution in [0.3, 0.4) is 0 Å². The van der Waals surface area contributed by atoms with E-state index < -0.39 is 15.8 Å². The highest BCUT2D eigenvalue weighted by molar-refractivity contribution is 7.89. The van der Waals surface area contributed by atoms with Crippen LogP contribution in [0.1, 0.15) is 24.5 Å². The van der Waals surface area contributed by atoms with E-state index in [1.54, 1.807) is 11.3 Å². The van der Waals surface area contributed by atoms with Gasteiger partial charge in [0.1, 0.15) is 22.2 Å². The Bertz CT molecular complexity index is 1070. The number of halogens is 1. The predicted octanol–water partition coefficient (Wildman–Crippen LogP) is 3.62. The number of sulfonamides is 1. The van der Waals surface area contributed by atoms with E-state index in [4.69, 9.17) is 4.74 Å². The summed E-state index contributed by atoms with van der Waals surface area (Å²) in [6, 6.07) is 9.52. The Balaban J connectivity index is 1.50. The third-order valence-electron chi connectivity index (χ3n) is 4.61. The van der Waals surface area contributed by atoms with Crippen molar-refractivity contribution in [2.24, 2.45) is 0 Å². The second-order valence-corrected chi connectivity index (χ2v) is 9.31. The molecule has 1 aliphatic carbocycles. The Hall–Kier alpha value is -2.23. The first-order chi connectivity index (χ1) is 13.5. The number of hydrogen-bond donors (Lipinski definition) is 1. The van der Waals surface area contributed by atoms with Crippen molar-refractivity contribution in [1.82, 2.24) is 14.5 Å². The van der Waals surface area contributed by atoms with Gasteiger partial charge in [0.2, 0.25) is 10.0 Å². The molecular formula is C19H20FN3O3S2. The SMILES string of the molecule is COc1ccc(F)cc1S(=O)(=O)NCCn1nc(-c2cccs2)cc1C1CC1. The highest BCUT2D eigenvalue weighted by atomic mass is 32.2. The van der Waals surface area contributed by atoms with Crippen LogP contribution in [-0.2, 0) is 16.6 Å². The third-order valence-corrected chi connectivity index (χ3v) is 6.99. The summed E-state index contributed by atoms with van der Waals surface area (Å²) in [7, 11) is -2.55. The maximum absolute atomic E-state index is 13.5. The van der Waals surface area contributed by atoms with Crippen LogP contribution in [-0.4, -0.2) is 31.9 Å². The summed E-state index contributed by atoms with van der Waals surface area (Å²) in [6.45, 7) is 0.543. The number of ether oxygens (including phenoxy) is 1. The maximum Gasteiger partial charge on any atom is 0.244 e. The third kappa shape index (κ3) is 3.96. The van der Waals surface area contributed by atoms with E-state index in [0.717, 1.165) is 41.2 Å². The number of hydrogen-bond acceptors (Lipinski definition) is 5. The van der Waals surface area contributed by atoms with Gasteiger partial charge in [0.15, 0.2) is 0 Å². The Morgan fingerprint density at radius 1 is 1.32 bits per heavy atom. The second kappa shape index (κ2) is 7.65. The van der Waals surface area contributed by atoms with Crippen LogP contribution >= 0.6 is 11.3 Å². The van der Waals surface area contributed by atoms with Gasteiger partial charge in [-0.1, -0.05) is 6.07 Å². The van der Waals surface area contributed by atoms with Crippen molar-refractivity contribution in [3.8, 4) is 16.3 Å². The lowest BCUT2D eigenvalue weighted by Gasteiger charge is -2.12. The molecule has 0 bridgehead atoms. The van der Waals surface area contributed by atoms with Gasteiger partial charge in [-0.15, -0.1) is 11.3 Å². The number of rotatable bonds is 8. The standard InChI is InChI=1S/C19H20FN3O3S2/c1-26-17-7-6-14(20)11-19(17)28(24,25)21-8-9-23-16(13-4-5-13)12-15(22-23)18-3-2-10-27-18/h2-3,6-7,10-13,21H,4-5,8-9H2,1H3. The van der Waals surface area contributed by atoms with Crippen molar-refractivity contribution in [3.05, 3.63) is 53.3 Å². The average molecular weight is 422 g/mol. The lowest BCUT2D eigenvalue weighted by atomic mass is 10.2. The fourth-order valence-electron chi connectivity index (χ4n) is 3.09. The van der Waals surface area contributed by atoms with Gasteiger partial charge in [-0.2, -0.15) is 5.10 Å². The summed E-state index contributed by atoms with van der Waals surface area (Å²) >= 11 is 1.62. The topological polar surface area (TPSA) is 73.2 Å².